The summed E-state index contributed by atoms with van der Waals surface area (Å²) in [5.74, 6) is 2.97. The van der Waals surface area contributed by atoms with E-state index in [1.807, 2.05) is 11.8 Å². The van der Waals surface area contributed by atoms with Crippen LogP contribution < -0.4 is 0 Å². The lowest BCUT2D eigenvalue weighted by molar-refractivity contribution is 1.03. The molecule has 0 saturated carbocycles. The molecule has 0 saturated heterocycles. The molecule has 0 aliphatic heterocycles. The van der Waals surface area contributed by atoms with E-state index in [1.165, 1.54) is 17.2 Å². The number of aryl methyl sites for hydroxylation is 1. The van der Waals surface area contributed by atoms with Crippen molar-refractivity contribution in [3.8, 4) is 10.7 Å². The number of aromatic amines is 2. The quantitative estimate of drug-likeness (QED) is 0.629. The van der Waals surface area contributed by atoms with E-state index in [0.717, 1.165) is 28.6 Å². The Kier molecular flexibility index (Phi) is 4.96. The number of thiazole rings is 1. The van der Waals surface area contributed by atoms with Gasteiger partial charge in [-0.05, 0) is 30.8 Å². The minimum atomic E-state index is 0.488. The third kappa shape index (κ3) is 3.21. The molecule has 7 heteroatoms. The number of rotatable bonds is 6. The average molecular weight is 300 g/mol. The van der Waals surface area contributed by atoms with Crippen LogP contribution in [0.25, 0.3) is 10.7 Å². The van der Waals surface area contributed by atoms with Crippen LogP contribution in [0.4, 0.5) is 0 Å². The van der Waals surface area contributed by atoms with Crippen LogP contribution in [-0.2, 0) is 12.2 Å². The summed E-state index contributed by atoms with van der Waals surface area (Å²) in [6, 6.07) is 0. The van der Waals surface area contributed by atoms with Crippen LogP contribution in [0.3, 0.4) is 0 Å². The Labute approximate surface area is 120 Å². The van der Waals surface area contributed by atoms with Gasteiger partial charge in [0.15, 0.2) is 5.82 Å². The van der Waals surface area contributed by atoms with E-state index in [-0.39, 0.29) is 0 Å². The molecule has 0 aliphatic carbocycles. The van der Waals surface area contributed by atoms with Gasteiger partial charge in [-0.3, -0.25) is 10.2 Å². The van der Waals surface area contributed by atoms with Gasteiger partial charge in [-0.25, -0.2) is 4.98 Å². The Morgan fingerprint density at radius 3 is 2.72 bits per heavy atom. The smallest absolute Gasteiger partial charge is 0.213 e. The maximum atomic E-state index is 4.99. The van der Waals surface area contributed by atoms with E-state index in [0.29, 0.717) is 4.77 Å². The zero-order valence-electron chi connectivity index (χ0n) is 10.4. The number of thioether (sulfide) groups is 1. The highest BCUT2D eigenvalue weighted by Crippen LogP contribution is 2.30. The second-order valence-corrected chi connectivity index (χ2v) is 6.38. The standard InChI is InChI=1S/C11H16N4S3/c1-3-5-17-6-8-12-7(4-2)9(18-8)10-13-11(16)15-14-10/h3-6H2,1-2H3,(H2,13,14,15,16). The molecule has 98 valence electrons. The molecule has 0 aliphatic rings. The fourth-order valence-electron chi connectivity index (χ4n) is 1.57. The fourth-order valence-corrected chi connectivity index (χ4v) is 3.76. The van der Waals surface area contributed by atoms with E-state index in [1.54, 1.807) is 11.3 Å². The predicted octanol–water partition coefficient (Wildman–Crippen LogP) is 3.80. The first-order valence-corrected chi connectivity index (χ1v) is 8.33. The highest BCUT2D eigenvalue weighted by atomic mass is 32.2. The summed E-state index contributed by atoms with van der Waals surface area (Å²) < 4.78 is 0.488. The van der Waals surface area contributed by atoms with Crippen LogP contribution in [-0.4, -0.2) is 25.9 Å². The summed E-state index contributed by atoms with van der Waals surface area (Å²) in [7, 11) is 0. The Morgan fingerprint density at radius 1 is 1.28 bits per heavy atom. The normalized spacial score (nSPS) is 11.0. The van der Waals surface area contributed by atoms with Gasteiger partial charge >= 0.3 is 0 Å². The molecule has 0 bridgehead atoms. The molecule has 0 unspecified atom stereocenters. The van der Waals surface area contributed by atoms with Crippen molar-refractivity contribution >= 4 is 35.3 Å². The van der Waals surface area contributed by atoms with Gasteiger partial charge in [-0.15, -0.1) is 11.3 Å². The molecule has 2 aromatic heterocycles. The number of nitrogens with one attached hydrogen (secondary N) is 2. The largest absolute Gasteiger partial charge is 0.281 e. The van der Waals surface area contributed by atoms with E-state index in [4.69, 9.17) is 12.2 Å². The van der Waals surface area contributed by atoms with Crippen LogP contribution in [0.5, 0.6) is 0 Å². The van der Waals surface area contributed by atoms with Crippen LogP contribution in [0.15, 0.2) is 0 Å². The molecule has 4 nitrogen and oxygen atoms in total. The van der Waals surface area contributed by atoms with Crippen molar-refractivity contribution < 1.29 is 0 Å². The number of aromatic nitrogens is 4. The summed E-state index contributed by atoms with van der Waals surface area (Å²) in [4.78, 5) is 10.1. The van der Waals surface area contributed by atoms with Crippen LogP contribution in [0, 0.1) is 4.77 Å². The van der Waals surface area contributed by atoms with Crippen molar-refractivity contribution in [3.05, 3.63) is 15.5 Å². The lowest BCUT2D eigenvalue weighted by Crippen LogP contribution is -1.87. The summed E-state index contributed by atoms with van der Waals surface area (Å²) in [6.07, 6.45) is 2.12. The highest BCUT2D eigenvalue weighted by molar-refractivity contribution is 7.98. The Bertz CT molecular complexity index is 555. The second-order valence-electron chi connectivity index (χ2n) is 3.81. The maximum absolute atomic E-state index is 4.99. The number of H-pyrrole nitrogens is 2. The zero-order valence-corrected chi connectivity index (χ0v) is 12.9. The molecule has 18 heavy (non-hydrogen) atoms. The maximum Gasteiger partial charge on any atom is 0.213 e. The Balaban J connectivity index is 2.21. The van der Waals surface area contributed by atoms with E-state index < -0.39 is 0 Å². The number of hydrogen-bond acceptors (Lipinski definition) is 5. The predicted molar refractivity (Wildman–Crippen MR) is 80.7 cm³/mol. The fraction of sp³-hybridized carbons (Fsp3) is 0.545. The van der Waals surface area contributed by atoms with Crippen molar-refractivity contribution in [2.24, 2.45) is 0 Å². The van der Waals surface area contributed by atoms with Crippen LogP contribution in [0.1, 0.15) is 31.0 Å². The third-order valence-corrected chi connectivity index (χ3v) is 5.02. The van der Waals surface area contributed by atoms with E-state index >= 15 is 0 Å². The Morgan fingerprint density at radius 2 is 2.11 bits per heavy atom. The number of hydrogen-bond donors (Lipinski definition) is 2. The minimum absolute atomic E-state index is 0.488. The molecule has 0 atom stereocenters. The van der Waals surface area contributed by atoms with Crippen molar-refractivity contribution in [2.75, 3.05) is 5.75 Å². The Hall–Kier alpha value is -0.660. The van der Waals surface area contributed by atoms with Gasteiger partial charge in [0.25, 0.3) is 0 Å². The van der Waals surface area contributed by atoms with Gasteiger partial charge < -0.3 is 0 Å². The number of nitrogens with zero attached hydrogens (tertiary/aromatic N) is 2. The van der Waals surface area contributed by atoms with Crippen LogP contribution in [0.2, 0.25) is 0 Å². The van der Waals surface area contributed by atoms with Gasteiger partial charge in [0.2, 0.25) is 4.77 Å². The van der Waals surface area contributed by atoms with Crippen molar-refractivity contribution in [1.29, 1.82) is 0 Å². The second kappa shape index (κ2) is 6.49. The molecular formula is C11H16N4S3. The van der Waals surface area contributed by atoms with Crippen molar-refractivity contribution in [1.82, 2.24) is 20.2 Å². The zero-order chi connectivity index (χ0) is 13.0. The van der Waals surface area contributed by atoms with Gasteiger partial charge in [-0.1, -0.05) is 13.8 Å². The molecule has 2 rings (SSSR count). The lowest BCUT2D eigenvalue weighted by Gasteiger charge is -1.93. The van der Waals surface area contributed by atoms with Gasteiger partial charge in [-0.2, -0.15) is 16.7 Å². The van der Waals surface area contributed by atoms with Gasteiger partial charge in [0.1, 0.15) is 5.01 Å². The molecule has 0 amide bonds. The molecule has 2 heterocycles. The van der Waals surface area contributed by atoms with Gasteiger partial charge in [0.05, 0.1) is 10.6 Å². The summed E-state index contributed by atoms with van der Waals surface area (Å²) >= 11 is 8.62. The molecular weight excluding hydrogens is 284 g/mol. The molecule has 0 spiro atoms. The molecule has 2 aromatic rings. The monoisotopic (exact) mass is 300 g/mol. The molecule has 0 radical (unpaired) electrons. The summed E-state index contributed by atoms with van der Waals surface area (Å²) in [5.41, 5.74) is 1.10. The van der Waals surface area contributed by atoms with E-state index in [9.17, 15) is 0 Å². The first-order valence-electron chi connectivity index (χ1n) is 5.96. The summed E-state index contributed by atoms with van der Waals surface area (Å²) in [5, 5.41) is 7.00. The first-order chi connectivity index (χ1) is 8.74. The first kappa shape index (κ1) is 13.8. The molecule has 0 aromatic carbocycles. The van der Waals surface area contributed by atoms with Crippen molar-refractivity contribution in [2.45, 2.75) is 32.4 Å². The van der Waals surface area contributed by atoms with Crippen molar-refractivity contribution in [3.63, 3.8) is 0 Å². The molecule has 0 fully saturated rings. The third-order valence-electron chi connectivity index (χ3n) is 2.37. The van der Waals surface area contributed by atoms with Gasteiger partial charge in [0, 0.05) is 5.75 Å². The highest BCUT2D eigenvalue weighted by Gasteiger charge is 2.13. The molecule has 2 N–H and O–H groups in total. The minimum Gasteiger partial charge on any atom is -0.281 e. The lowest BCUT2D eigenvalue weighted by atomic mass is 10.3. The summed E-state index contributed by atoms with van der Waals surface area (Å²) in [6.45, 7) is 4.31. The average Bonchev–Trinajstić information content (AvgIpc) is 2.95. The van der Waals surface area contributed by atoms with Crippen LogP contribution >= 0.6 is 35.3 Å². The topological polar surface area (TPSA) is 57.4 Å². The van der Waals surface area contributed by atoms with E-state index in [2.05, 4.69) is 34.0 Å². The SMILES string of the molecule is CCCSCc1nc(CC)c(-c2nc(=S)[nH][nH]2)s1.